The zero-order chi connectivity index (χ0) is 33.1. The second kappa shape index (κ2) is 13.6. The van der Waals surface area contributed by atoms with Gasteiger partial charge in [0.05, 0.1) is 6.04 Å². The first-order chi connectivity index (χ1) is 21.2. The summed E-state index contributed by atoms with van der Waals surface area (Å²) in [5, 5.41) is 8.24. The molecular weight excluding hydrogens is 572 g/mol. The molecule has 0 unspecified atom stereocenters. The molecule has 244 valence electrons. The number of fused-ring (bicyclic) bond motifs is 2. The average molecular weight is 621 g/mol. The lowest BCUT2D eigenvalue weighted by molar-refractivity contribution is -0.144. The number of nitrogens with zero attached hydrogens (tertiary/aromatic N) is 1. The van der Waals surface area contributed by atoms with Crippen LogP contribution in [-0.4, -0.2) is 71.3 Å². The monoisotopic (exact) mass is 620 g/mol. The highest BCUT2D eigenvalue weighted by Gasteiger charge is 2.69. The van der Waals surface area contributed by atoms with Crippen molar-refractivity contribution in [1.29, 1.82) is 0 Å². The number of ketones is 1. The van der Waals surface area contributed by atoms with Gasteiger partial charge in [-0.05, 0) is 87.2 Å². The van der Waals surface area contributed by atoms with Gasteiger partial charge in [0, 0.05) is 13.1 Å². The normalized spacial score (nSPS) is 22.7. The van der Waals surface area contributed by atoms with E-state index in [4.69, 9.17) is 4.74 Å². The van der Waals surface area contributed by atoms with Gasteiger partial charge in [-0.1, -0.05) is 50.3 Å². The smallest absolute Gasteiger partial charge is 0.408 e. The maximum absolute atomic E-state index is 14.4. The zero-order valence-electron chi connectivity index (χ0n) is 27.2. The van der Waals surface area contributed by atoms with Crippen LogP contribution in [0.4, 0.5) is 4.79 Å². The molecule has 0 spiro atoms. The molecule has 2 fully saturated rings. The number of benzene rings is 1. The Balaban J connectivity index is 1.58. The van der Waals surface area contributed by atoms with E-state index in [1.54, 1.807) is 37.8 Å². The molecule has 0 radical (unpaired) electrons. The van der Waals surface area contributed by atoms with E-state index in [2.05, 4.69) is 43.0 Å². The molecule has 1 saturated carbocycles. The average Bonchev–Trinajstić information content (AvgIpc) is 3.34. The van der Waals surface area contributed by atoms with Gasteiger partial charge in [0.25, 0.3) is 5.91 Å². The van der Waals surface area contributed by atoms with Crippen molar-refractivity contribution in [1.82, 2.24) is 20.9 Å². The van der Waals surface area contributed by atoms with E-state index in [0.717, 1.165) is 11.1 Å². The van der Waals surface area contributed by atoms with Gasteiger partial charge in [-0.2, -0.15) is 0 Å². The molecule has 3 N–H and O–H groups in total. The molecule has 2 aliphatic carbocycles. The number of amides is 4. The van der Waals surface area contributed by atoms with E-state index in [9.17, 15) is 24.0 Å². The number of piperidine rings is 1. The van der Waals surface area contributed by atoms with Gasteiger partial charge < -0.3 is 25.6 Å². The van der Waals surface area contributed by atoms with Crippen LogP contribution in [0, 0.1) is 23.2 Å². The number of hydrogen-bond acceptors (Lipinski definition) is 6. The van der Waals surface area contributed by atoms with Gasteiger partial charge in [-0.25, -0.2) is 4.79 Å². The van der Waals surface area contributed by atoms with Crippen LogP contribution in [-0.2, 0) is 36.8 Å². The lowest BCUT2D eigenvalue weighted by Gasteiger charge is -2.35. The van der Waals surface area contributed by atoms with Crippen molar-refractivity contribution < 1.29 is 28.7 Å². The van der Waals surface area contributed by atoms with Crippen LogP contribution in [0.3, 0.4) is 0 Å². The van der Waals surface area contributed by atoms with Crippen molar-refractivity contribution >= 4 is 29.6 Å². The number of allylic oxidation sites excluding steroid dienone is 1. The van der Waals surface area contributed by atoms with E-state index < -0.39 is 47.4 Å². The first-order valence-electron chi connectivity index (χ1n) is 15.9. The Bertz CT molecular complexity index is 1320. The Morgan fingerprint density at radius 1 is 1.02 bits per heavy atom. The molecule has 3 aliphatic rings. The molecule has 0 bridgehead atoms. The molecule has 1 aliphatic heterocycles. The van der Waals surface area contributed by atoms with Crippen LogP contribution in [0.2, 0.25) is 0 Å². The Morgan fingerprint density at radius 2 is 1.64 bits per heavy atom. The van der Waals surface area contributed by atoms with E-state index in [-0.39, 0.29) is 42.0 Å². The lowest BCUT2D eigenvalue weighted by atomic mass is 9.93. The first-order valence-corrected chi connectivity index (χ1v) is 15.9. The Labute approximate surface area is 266 Å². The molecule has 4 rings (SSSR count). The molecule has 1 heterocycles. The number of carbonyl (C=O) groups is 5. The number of ether oxygens (including phenoxy) is 1. The summed E-state index contributed by atoms with van der Waals surface area (Å²) in [5.41, 5.74) is 1.31. The summed E-state index contributed by atoms with van der Waals surface area (Å²) in [6.07, 6.45) is 4.88. The highest BCUT2D eigenvalue weighted by molar-refractivity contribution is 6.38. The third kappa shape index (κ3) is 7.65. The fourth-order valence-electron chi connectivity index (χ4n) is 6.98. The molecule has 0 aromatic heterocycles. The summed E-state index contributed by atoms with van der Waals surface area (Å²) >= 11 is 0. The number of carbonyl (C=O) groups excluding carboxylic acids is 5. The van der Waals surface area contributed by atoms with Crippen molar-refractivity contribution in [3.8, 4) is 0 Å². The zero-order valence-corrected chi connectivity index (χ0v) is 27.2. The van der Waals surface area contributed by atoms with Gasteiger partial charge in [0.1, 0.15) is 17.7 Å². The molecule has 5 atom stereocenters. The van der Waals surface area contributed by atoms with Crippen molar-refractivity contribution in [2.24, 2.45) is 23.2 Å². The van der Waals surface area contributed by atoms with Gasteiger partial charge in [-0.15, -0.1) is 13.2 Å². The van der Waals surface area contributed by atoms with Crippen LogP contribution >= 0.6 is 0 Å². The largest absolute Gasteiger partial charge is 0.444 e. The van der Waals surface area contributed by atoms with Crippen LogP contribution in [0.5, 0.6) is 0 Å². The number of hydrogen-bond donors (Lipinski definition) is 3. The topological polar surface area (TPSA) is 134 Å². The Kier molecular flexibility index (Phi) is 10.2. The third-order valence-electron chi connectivity index (χ3n) is 9.40. The number of likely N-dealkylation sites (tertiary alicyclic amines) is 1. The summed E-state index contributed by atoms with van der Waals surface area (Å²) in [7, 11) is 0. The van der Waals surface area contributed by atoms with Crippen LogP contribution in [0.15, 0.2) is 49.6 Å². The molecular formula is C35H48N4O6. The minimum atomic E-state index is -1.07. The number of rotatable bonds is 13. The van der Waals surface area contributed by atoms with Gasteiger partial charge in [-0.3, -0.25) is 19.2 Å². The molecule has 1 saturated heterocycles. The van der Waals surface area contributed by atoms with Crippen molar-refractivity contribution in [2.45, 2.75) is 90.4 Å². The van der Waals surface area contributed by atoms with E-state index in [1.807, 2.05) is 24.3 Å². The van der Waals surface area contributed by atoms with Crippen molar-refractivity contribution in [3.63, 3.8) is 0 Å². The van der Waals surface area contributed by atoms with Crippen LogP contribution in [0.1, 0.15) is 65.0 Å². The minimum absolute atomic E-state index is 0.0877. The van der Waals surface area contributed by atoms with Gasteiger partial charge in [0.15, 0.2) is 0 Å². The summed E-state index contributed by atoms with van der Waals surface area (Å²) in [6.45, 7) is 17.4. The Morgan fingerprint density at radius 3 is 2.22 bits per heavy atom. The van der Waals surface area contributed by atoms with Gasteiger partial charge >= 0.3 is 6.09 Å². The van der Waals surface area contributed by atoms with E-state index >= 15 is 0 Å². The number of alkyl carbamates (subject to hydrolysis) is 1. The minimum Gasteiger partial charge on any atom is -0.444 e. The highest BCUT2D eigenvalue weighted by Crippen LogP contribution is 2.65. The standard InChI is InChI=1S/C35H48N4O6/c1-8-10-16-25(29(40)31(42)36-17-11-9-2)37-30(41)28-26-24(35(26,6)7)20-39(28)32(43)27(38-33(44)45-34(3,4)5)23-18-21-14-12-13-15-22(21)19-23/h8-9,12-15,23-28H,1-2,10-11,16-20H2,3-7H3,(H,36,42)(H,37,41)(H,38,44)/t24-,25-,26-,27-,28-/m0/s1. The Hall–Kier alpha value is -3.95. The second-order valence-corrected chi connectivity index (χ2v) is 14.1. The molecule has 4 amide bonds. The predicted molar refractivity (Wildman–Crippen MR) is 171 cm³/mol. The summed E-state index contributed by atoms with van der Waals surface area (Å²) in [5.74, 6) is -2.61. The first kappa shape index (κ1) is 33.9. The highest BCUT2D eigenvalue weighted by atomic mass is 16.6. The van der Waals surface area contributed by atoms with Crippen LogP contribution < -0.4 is 16.0 Å². The SMILES string of the molecule is C=CCCNC(=O)C(=O)[C@H](CCC=C)NC(=O)[C@@H]1[C@@H]2[C@H](CN1C(=O)[C@@H](NC(=O)OC(C)(C)C)C1Cc3ccccc3C1)C2(C)C. The summed E-state index contributed by atoms with van der Waals surface area (Å²) in [6, 6.07) is 5.13. The second-order valence-electron chi connectivity index (χ2n) is 14.1. The van der Waals surface area contributed by atoms with Crippen LogP contribution in [0.25, 0.3) is 0 Å². The molecule has 10 nitrogen and oxygen atoms in total. The predicted octanol–water partition coefficient (Wildman–Crippen LogP) is 3.49. The van der Waals surface area contributed by atoms with Gasteiger partial charge in [0.2, 0.25) is 17.6 Å². The van der Waals surface area contributed by atoms with Crippen molar-refractivity contribution in [3.05, 3.63) is 60.7 Å². The molecule has 1 aromatic rings. The molecule has 45 heavy (non-hydrogen) atoms. The third-order valence-corrected chi connectivity index (χ3v) is 9.40. The quantitative estimate of drug-likeness (QED) is 0.176. The summed E-state index contributed by atoms with van der Waals surface area (Å²) < 4.78 is 5.54. The fraction of sp³-hybridized carbons (Fsp3) is 0.571. The summed E-state index contributed by atoms with van der Waals surface area (Å²) in [4.78, 5) is 68.8. The van der Waals surface area contributed by atoms with E-state index in [0.29, 0.717) is 32.2 Å². The molecule has 10 heteroatoms. The van der Waals surface area contributed by atoms with Crippen molar-refractivity contribution in [2.75, 3.05) is 13.1 Å². The maximum atomic E-state index is 14.4. The number of Topliss-reactive ketones (excluding diaryl/α,β-unsaturated/α-hetero) is 1. The fourth-order valence-corrected chi connectivity index (χ4v) is 6.98. The molecule has 1 aromatic carbocycles. The number of nitrogens with one attached hydrogen (secondary N) is 3. The van der Waals surface area contributed by atoms with E-state index in [1.165, 1.54) is 0 Å². The maximum Gasteiger partial charge on any atom is 0.408 e. The lowest BCUT2D eigenvalue weighted by Crippen LogP contribution is -2.59.